The van der Waals surface area contributed by atoms with Crippen LogP contribution in [0.25, 0.3) is 0 Å². The highest BCUT2D eigenvalue weighted by Gasteiger charge is 2.32. The van der Waals surface area contributed by atoms with Crippen molar-refractivity contribution in [3.63, 3.8) is 0 Å². The molecule has 1 aliphatic rings. The quantitative estimate of drug-likeness (QED) is 0.891. The van der Waals surface area contributed by atoms with E-state index in [2.05, 4.69) is 15.9 Å². The molecule has 0 radical (unpaired) electrons. The number of hydrogen-bond donors (Lipinski definition) is 1. The number of nitrogens with two attached hydrogens (primary N) is 1. The van der Waals surface area contributed by atoms with Gasteiger partial charge in [-0.1, -0.05) is 22.9 Å². The average molecular weight is 347 g/mol. The van der Waals surface area contributed by atoms with Crippen molar-refractivity contribution in [2.45, 2.75) is 31.2 Å². The topological polar surface area (TPSA) is 63.4 Å². The predicted octanol–water partition coefficient (Wildman–Crippen LogP) is 2.12. The van der Waals surface area contributed by atoms with Crippen LogP contribution in [0.15, 0.2) is 27.6 Å². The van der Waals surface area contributed by atoms with E-state index in [1.54, 1.807) is 22.5 Å². The van der Waals surface area contributed by atoms with E-state index in [9.17, 15) is 8.42 Å². The Hall–Kier alpha value is -0.430. The molecule has 1 aromatic rings. The molecule has 2 rings (SSSR count). The lowest BCUT2D eigenvalue weighted by Crippen LogP contribution is -2.48. The maximum atomic E-state index is 12.6. The van der Waals surface area contributed by atoms with Gasteiger partial charge in [-0.05, 0) is 43.0 Å². The van der Waals surface area contributed by atoms with Crippen molar-refractivity contribution in [3.8, 4) is 0 Å². The molecule has 0 saturated carbocycles. The fourth-order valence-corrected chi connectivity index (χ4v) is 4.16. The van der Waals surface area contributed by atoms with Crippen molar-refractivity contribution < 1.29 is 8.42 Å². The van der Waals surface area contributed by atoms with Crippen LogP contribution >= 0.6 is 15.9 Å². The zero-order valence-corrected chi connectivity index (χ0v) is 13.5. The van der Waals surface area contributed by atoms with Crippen LogP contribution in [0.2, 0.25) is 0 Å². The number of sulfonamides is 1. The van der Waals surface area contributed by atoms with Crippen molar-refractivity contribution in [2.24, 2.45) is 11.7 Å². The third-order valence-electron chi connectivity index (χ3n) is 3.70. The standard InChI is InChI=1S/C13H19BrN2O2S/c1-9-7-11(3-4-12(9)14)19(17,18)16-6-5-13(15)10(2)8-16/h3-4,7,10,13H,5-6,8,15H2,1-2H3. The van der Waals surface area contributed by atoms with Gasteiger partial charge in [0.05, 0.1) is 4.90 Å². The maximum absolute atomic E-state index is 12.6. The molecular formula is C13H19BrN2O2S. The monoisotopic (exact) mass is 346 g/mol. The van der Waals surface area contributed by atoms with Crippen molar-refractivity contribution in [1.82, 2.24) is 4.31 Å². The third-order valence-corrected chi connectivity index (χ3v) is 6.45. The van der Waals surface area contributed by atoms with Crippen LogP contribution in [0, 0.1) is 12.8 Å². The molecule has 1 aromatic carbocycles. The van der Waals surface area contributed by atoms with Gasteiger partial charge in [-0.3, -0.25) is 0 Å². The molecule has 2 unspecified atom stereocenters. The van der Waals surface area contributed by atoms with Crippen molar-refractivity contribution in [1.29, 1.82) is 0 Å². The van der Waals surface area contributed by atoms with E-state index in [0.717, 1.165) is 16.5 Å². The predicted molar refractivity (Wildman–Crippen MR) is 79.4 cm³/mol. The Morgan fingerprint density at radius 2 is 2.11 bits per heavy atom. The van der Waals surface area contributed by atoms with E-state index in [1.807, 2.05) is 13.8 Å². The smallest absolute Gasteiger partial charge is 0.243 e. The molecule has 2 atom stereocenters. The highest BCUT2D eigenvalue weighted by Crippen LogP contribution is 2.26. The minimum atomic E-state index is -3.40. The maximum Gasteiger partial charge on any atom is 0.243 e. The molecule has 19 heavy (non-hydrogen) atoms. The zero-order chi connectivity index (χ0) is 14.2. The molecule has 0 bridgehead atoms. The number of benzene rings is 1. The summed E-state index contributed by atoms with van der Waals surface area (Å²) >= 11 is 3.38. The molecule has 6 heteroatoms. The van der Waals surface area contributed by atoms with Gasteiger partial charge in [0.25, 0.3) is 0 Å². The summed E-state index contributed by atoms with van der Waals surface area (Å²) in [4.78, 5) is 0.357. The number of rotatable bonds is 2. The summed E-state index contributed by atoms with van der Waals surface area (Å²) in [6, 6.07) is 5.23. The Bertz CT molecular complexity index is 574. The second kappa shape index (κ2) is 5.52. The molecule has 0 aliphatic carbocycles. The van der Waals surface area contributed by atoms with Crippen LogP contribution in [0.5, 0.6) is 0 Å². The van der Waals surface area contributed by atoms with Crippen LogP contribution < -0.4 is 5.73 Å². The summed E-state index contributed by atoms with van der Waals surface area (Å²) in [5.74, 6) is 0.195. The molecular weight excluding hydrogens is 328 g/mol. The van der Waals surface area contributed by atoms with E-state index in [-0.39, 0.29) is 12.0 Å². The van der Waals surface area contributed by atoms with Crippen LogP contribution in [0.3, 0.4) is 0 Å². The molecule has 0 spiro atoms. The molecule has 0 aromatic heterocycles. The lowest BCUT2D eigenvalue weighted by atomic mass is 9.96. The van der Waals surface area contributed by atoms with Crippen molar-refractivity contribution in [2.75, 3.05) is 13.1 Å². The fourth-order valence-electron chi connectivity index (χ4n) is 2.27. The van der Waals surface area contributed by atoms with E-state index < -0.39 is 10.0 Å². The minimum Gasteiger partial charge on any atom is -0.327 e. The van der Waals surface area contributed by atoms with Crippen molar-refractivity contribution in [3.05, 3.63) is 28.2 Å². The van der Waals surface area contributed by atoms with E-state index in [1.165, 1.54) is 0 Å². The van der Waals surface area contributed by atoms with Gasteiger partial charge in [0, 0.05) is 23.6 Å². The first-order chi connectivity index (χ1) is 8.82. The van der Waals surface area contributed by atoms with Gasteiger partial charge >= 0.3 is 0 Å². The molecule has 1 heterocycles. The Morgan fingerprint density at radius 1 is 1.42 bits per heavy atom. The minimum absolute atomic E-state index is 0.0955. The highest BCUT2D eigenvalue weighted by molar-refractivity contribution is 9.10. The Balaban J connectivity index is 2.29. The SMILES string of the molecule is Cc1cc(S(=O)(=O)N2CCC(N)C(C)C2)ccc1Br. The number of hydrogen-bond acceptors (Lipinski definition) is 3. The Morgan fingerprint density at radius 3 is 2.68 bits per heavy atom. The zero-order valence-electron chi connectivity index (χ0n) is 11.1. The molecule has 1 aliphatic heterocycles. The molecule has 0 amide bonds. The lowest BCUT2D eigenvalue weighted by Gasteiger charge is -2.34. The third kappa shape index (κ3) is 3.02. The van der Waals surface area contributed by atoms with Gasteiger partial charge < -0.3 is 5.73 Å². The Kier molecular flexibility index (Phi) is 4.35. The van der Waals surface area contributed by atoms with E-state index in [4.69, 9.17) is 5.73 Å². The van der Waals surface area contributed by atoms with Crippen LogP contribution in [-0.2, 0) is 10.0 Å². The highest BCUT2D eigenvalue weighted by atomic mass is 79.9. The first-order valence-corrected chi connectivity index (χ1v) is 8.57. The molecule has 1 saturated heterocycles. The first-order valence-electron chi connectivity index (χ1n) is 6.34. The lowest BCUT2D eigenvalue weighted by molar-refractivity contribution is 0.250. The fraction of sp³-hybridized carbons (Fsp3) is 0.538. The number of aryl methyl sites for hydroxylation is 1. The number of nitrogens with zero attached hydrogens (tertiary/aromatic N) is 1. The van der Waals surface area contributed by atoms with E-state index >= 15 is 0 Å². The van der Waals surface area contributed by atoms with Crippen LogP contribution in [0.4, 0.5) is 0 Å². The molecule has 106 valence electrons. The van der Waals surface area contributed by atoms with Gasteiger partial charge in [-0.2, -0.15) is 4.31 Å². The second-order valence-electron chi connectivity index (χ2n) is 5.20. The van der Waals surface area contributed by atoms with Crippen molar-refractivity contribution >= 4 is 26.0 Å². The summed E-state index contributed by atoms with van der Waals surface area (Å²) in [7, 11) is -3.40. The summed E-state index contributed by atoms with van der Waals surface area (Å²) < 4.78 is 27.6. The summed E-state index contributed by atoms with van der Waals surface area (Å²) in [6.45, 7) is 4.89. The van der Waals surface area contributed by atoms with Gasteiger partial charge in [-0.15, -0.1) is 0 Å². The normalized spacial score (nSPS) is 25.5. The molecule has 4 nitrogen and oxygen atoms in total. The van der Waals surface area contributed by atoms with Gasteiger partial charge in [0.1, 0.15) is 0 Å². The summed E-state index contributed by atoms with van der Waals surface area (Å²) in [5, 5.41) is 0. The van der Waals surface area contributed by atoms with E-state index in [0.29, 0.717) is 18.0 Å². The molecule has 2 N–H and O–H groups in total. The first kappa shape index (κ1) is 15.0. The summed E-state index contributed by atoms with van der Waals surface area (Å²) in [6.07, 6.45) is 0.718. The second-order valence-corrected chi connectivity index (χ2v) is 8.00. The average Bonchev–Trinajstić information content (AvgIpc) is 2.35. The Labute approximate surface area is 123 Å². The number of halogens is 1. The van der Waals surface area contributed by atoms with Crippen LogP contribution in [-0.4, -0.2) is 31.9 Å². The largest absolute Gasteiger partial charge is 0.327 e. The van der Waals surface area contributed by atoms with Gasteiger partial charge in [0.15, 0.2) is 0 Å². The molecule has 1 fully saturated rings. The van der Waals surface area contributed by atoms with Gasteiger partial charge in [-0.25, -0.2) is 8.42 Å². The van der Waals surface area contributed by atoms with Crippen LogP contribution in [0.1, 0.15) is 18.9 Å². The summed E-state index contributed by atoms with van der Waals surface area (Å²) in [5.41, 5.74) is 6.86. The number of piperidine rings is 1. The van der Waals surface area contributed by atoms with Gasteiger partial charge in [0.2, 0.25) is 10.0 Å².